The second kappa shape index (κ2) is 9.33. The van der Waals surface area contributed by atoms with Crippen LogP contribution in [0.4, 0.5) is 17.2 Å². The topological polar surface area (TPSA) is 106 Å². The van der Waals surface area contributed by atoms with Crippen molar-refractivity contribution >= 4 is 34.5 Å². The molecule has 0 spiro atoms. The molecule has 2 aromatic carbocycles. The molecular formula is C29H25N8O+. The van der Waals surface area contributed by atoms with Gasteiger partial charge in [-0.1, -0.05) is 42.2 Å². The van der Waals surface area contributed by atoms with Crippen molar-refractivity contribution < 1.29 is 4.79 Å². The van der Waals surface area contributed by atoms with Gasteiger partial charge in [-0.15, -0.1) is 5.10 Å². The molecule has 6 rings (SSSR count). The minimum absolute atomic E-state index is 0.140. The number of amides is 1. The van der Waals surface area contributed by atoms with Gasteiger partial charge < -0.3 is 11.1 Å². The number of hydrogen-bond acceptors (Lipinski definition) is 5. The van der Waals surface area contributed by atoms with Crippen LogP contribution in [0, 0.1) is 11.8 Å². The Morgan fingerprint density at radius 2 is 1.97 bits per heavy atom. The lowest BCUT2D eigenvalue weighted by Gasteiger charge is -2.13. The smallest absolute Gasteiger partial charge is 0.259 e. The molecule has 1 aliphatic rings. The maximum atomic E-state index is 13.4. The van der Waals surface area contributed by atoms with Gasteiger partial charge in [0.15, 0.2) is 17.2 Å². The standard InChI is InChI=1S/C29H24N8O/c1-19(33-29(38)25-27(30)34-36-15-7-14-31-28(25)36)24-16-22-9-6-8-21(13-12-20-17-32-35(2)18-20)26(22)37(24)23-10-4-3-5-11-23/h3-11,14-15,17-19H,16H2,1-2H3,(H2-,30,33,34,38)/p+1/t19-/m0/s1. The van der Waals surface area contributed by atoms with Crippen molar-refractivity contribution in [3.8, 4) is 11.8 Å². The number of aromatic nitrogens is 5. The average Bonchev–Trinajstić information content (AvgIpc) is 3.62. The van der Waals surface area contributed by atoms with Gasteiger partial charge in [-0.3, -0.25) is 9.48 Å². The zero-order valence-electron chi connectivity index (χ0n) is 21.0. The number of carbonyl (C=O) groups is 1. The Morgan fingerprint density at radius 1 is 1.13 bits per heavy atom. The predicted octanol–water partition coefficient (Wildman–Crippen LogP) is 3.10. The molecule has 1 amide bonds. The van der Waals surface area contributed by atoms with E-state index in [0.29, 0.717) is 12.1 Å². The first-order valence-electron chi connectivity index (χ1n) is 12.2. The van der Waals surface area contributed by atoms with E-state index in [1.54, 1.807) is 29.3 Å². The van der Waals surface area contributed by atoms with Crippen LogP contribution < -0.4 is 15.6 Å². The van der Waals surface area contributed by atoms with E-state index in [1.807, 2.05) is 50.5 Å². The first kappa shape index (κ1) is 23.2. The summed E-state index contributed by atoms with van der Waals surface area (Å²) in [5.41, 5.74) is 12.7. The molecule has 0 bridgehead atoms. The lowest BCUT2D eigenvalue weighted by molar-refractivity contribution is 0.0951. The van der Waals surface area contributed by atoms with Gasteiger partial charge in [0.1, 0.15) is 11.6 Å². The molecule has 4 heterocycles. The number of anilines is 1. The van der Waals surface area contributed by atoms with Gasteiger partial charge in [0.05, 0.1) is 23.7 Å². The van der Waals surface area contributed by atoms with Crippen molar-refractivity contribution in [2.75, 3.05) is 5.73 Å². The average molecular weight is 502 g/mol. The number of para-hydroxylation sites is 2. The molecular weight excluding hydrogens is 476 g/mol. The van der Waals surface area contributed by atoms with E-state index in [1.165, 1.54) is 4.52 Å². The van der Waals surface area contributed by atoms with E-state index in [9.17, 15) is 4.79 Å². The van der Waals surface area contributed by atoms with Crippen molar-refractivity contribution in [1.29, 1.82) is 0 Å². The summed E-state index contributed by atoms with van der Waals surface area (Å²) in [5.74, 6) is 6.39. The number of rotatable bonds is 4. The van der Waals surface area contributed by atoms with Crippen LogP contribution in [0.3, 0.4) is 0 Å². The third-order valence-electron chi connectivity index (χ3n) is 6.56. The van der Waals surface area contributed by atoms with Gasteiger partial charge in [0, 0.05) is 43.3 Å². The summed E-state index contributed by atoms with van der Waals surface area (Å²) in [6, 6.07) is 17.7. The zero-order chi connectivity index (χ0) is 26.2. The van der Waals surface area contributed by atoms with Crippen molar-refractivity contribution in [1.82, 2.24) is 34.3 Å². The second-order valence-corrected chi connectivity index (χ2v) is 9.15. The third kappa shape index (κ3) is 4.08. The van der Waals surface area contributed by atoms with E-state index >= 15 is 0 Å². The molecule has 1 atom stereocenters. The molecule has 0 aliphatic carbocycles. The Kier molecular flexibility index (Phi) is 5.69. The third-order valence-corrected chi connectivity index (χ3v) is 6.56. The van der Waals surface area contributed by atoms with Crippen LogP contribution in [0.15, 0.2) is 79.4 Å². The Morgan fingerprint density at radius 3 is 2.76 bits per heavy atom. The van der Waals surface area contributed by atoms with Crippen LogP contribution in [0.2, 0.25) is 0 Å². The van der Waals surface area contributed by atoms with Gasteiger partial charge >= 0.3 is 0 Å². The first-order chi connectivity index (χ1) is 18.5. The number of nitrogen functional groups attached to an aromatic ring is 1. The van der Waals surface area contributed by atoms with Gasteiger partial charge in [0.25, 0.3) is 5.91 Å². The van der Waals surface area contributed by atoms with Crippen LogP contribution in [0.1, 0.15) is 34.0 Å². The molecule has 38 heavy (non-hydrogen) atoms. The number of nitrogens with one attached hydrogen (secondary N) is 1. The minimum Gasteiger partial charge on any atom is -0.381 e. The van der Waals surface area contributed by atoms with Crippen LogP contribution >= 0.6 is 0 Å². The van der Waals surface area contributed by atoms with Gasteiger partial charge in [-0.2, -0.15) is 9.67 Å². The quantitative estimate of drug-likeness (QED) is 0.291. The normalized spacial score (nSPS) is 13.2. The van der Waals surface area contributed by atoms with Crippen molar-refractivity contribution in [3.63, 3.8) is 0 Å². The van der Waals surface area contributed by atoms with Crippen LogP contribution in [-0.2, 0) is 13.5 Å². The first-order valence-corrected chi connectivity index (χ1v) is 12.2. The number of benzene rings is 2. The zero-order valence-corrected chi connectivity index (χ0v) is 21.0. The summed E-state index contributed by atoms with van der Waals surface area (Å²) in [7, 11) is 1.87. The van der Waals surface area contributed by atoms with Gasteiger partial charge in [0.2, 0.25) is 11.4 Å². The fourth-order valence-corrected chi connectivity index (χ4v) is 4.83. The molecule has 9 heteroatoms. The molecule has 0 saturated heterocycles. The molecule has 0 saturated carbocycles. The Bertz CT molecular complexity index is 1790. The Labute approximate surface area is 219 Å². The fraction of sp³-hybridized carbons (Fsp3) is 0.138. The highest BCUT2D eigenvalue weighted by Gasteiger charge is 2.37. The number of aryl methyl sites for hydroxylation is 1. The summed E-state index contributed by atoms with van der Waals surface area (Å²) in [6.45, 7) is 1.98. The monoisotopic (exact) mass is 501 g/mol. The maximum absolute atomic E-state index is 13.4. The van der Waals surface area contributed by atoms with Crippen molar-refractivity contribution in [2.24, 2.45) is 7.05 Å². The number of nitrogens with two attached hydrogens (primary N) is 1. The molecule has 0 radical (unpaired) electrons. The summed E-state index contributed by atoms with van der Waals surface area (Å²) < 4.78 is 5.44. The lowest BCUT2D eigenvalue weighted by Crippen LogP contribution is -2.41. The van der Waals surface area contributed by atoms with Crippen LogP contribution in [0.5, 0.6) is 0 Å². The Balaban J connectivity index is 1.41. The highest BCUT2D eigenvalue weighted by molar-refractivity contribution is 6.08. The molecule has 0 unspecified atom stereocenters. The number of nitrogens with zero attached hydrogens (tertiary/aromatic N) is 6. The molecule has 3 aromatic heterocycles. The summed E-state index contributed by atoms with van der Waals surface area (Å²) in [6.07, 6.45) is 7.63. The predicted molar refractivity (Wildman–Crippen MR) is 147 cm³/mol. The van der Waals surface area contributed by atoms with Crippen molar-refractivity contribution in [2.45, 2.75) is 19.4 Å². The lowest BCUT2D eigenvalue weighted by atomic mass is 10.0. The summed E-state index contributed by atoms with van der Waals surface area (Å²) >= 11 is 0. The van der Waals surface area contributed by atoms with E-state index in [4.69, 9.17) is 5.73 Å². The Hall–Kier alpha value is -5.23. The molecule has 9 nitrogen and oxygen atoms in total. The van der Waals surface area contributed by atoms with Crippen molar-refractivity contribution in [3.05, 3.63) is 102 Å². The largest absolute Gasteiger partial charge is 0.381 e. The molecule has 0 fully saturated rings. The maximum Gasteiger partial charge on any atom is 0.259 e. The van der Waals surface area contributed by atoms with E-state index in [2.05, 4.69) is 55.1 Å². The summed E-state index contributed by atoms with van der Waals surface area (Å²) in [4.78, 5) is 17.7. The number of fused-ring (bicyclic) bond motifs is 2. The van der Waals surface area contributed by atoms with Crippen LogP contribution in [0.25, 0.3) is 5.65 Å². The molecule has 3 N–H and O–H groups in total. The molecule has 5 aromatic rings. The minimum atomic E-state index is -0.322. The fourth-order valence-electron chi connectivity index (χ4n) is 4.83. The summed E-state index contributed by atoms with van der Waals surface area (Å²) in [5, 5.41) is 11.6. The SMILES string of the molecule is C[C@H](NC(=O)c1c(N)nn2cccnc12)C1=[N+](c2ccccc2)c2c(C#Cc3cnn(C)c3)cccc2C1. The van der Waals surface area contributed by atoms with E-state index in [-0.39, 0.29) is 23.3 Å². The highest BCUT2D eigenvalue weighted by Crippen LogP contribution is 2.34. The second-order valence-electron chi connectivity index (χ2n) is 9.15. The molecule has 1 aliphatic heterocycles. The molecule has 186 valence electrons. The van der Waals surface area contributed by atoms with Crippen LogP contribution in [-0.4, -0.2) is 42.0 Å². The number of hydrogen-bond donors (Lipinski definition) is 2. The van der Waals surface area contributed by atoms with Gasteiger partial charge in [-0.05, 0) is 19.1 Å². The van der Waals surface area contributed by atoms with E-state index in [0.717, 1.165) is 33.8 Å². The van der Waals surface area contributed by atoms with Gasteiger partial charge in [-0.25, -0.2) is 9.50 Å². The van der Waals surface area contributed by atoms with E-state index < -0.39 is 0 Å². The highest BCUT2D eigenvalue weighted by atomic mass is 16.1. The number of carbonyl (C=O) groups excluding carboxylic acids is 1.